The number of carbonyl (C=O) groups excluding carboxylic acids is 1. The van der Waals surface area contributed by atoms with Crippen molar-refractivity contribution in [2.45, 2.75) is 19.3 Å². The molecule has 0 aromatic heterocycles. The molecule has 0 aliphatic carbocycles. The van der Waals surface area contributed by atoms with Crippen LogP contribution in [-0.2, 0) is 9.47 Å². The highest BCUT2D eigenvalue weighted by atomic mass is 35.5. The number of ether oxygens (including phenoxy) is 2. The van der Waals surface area contributed by atoms with E-state index in [1.165, 1.54) is 0 Å². The molecule has 1 aromatic rings. The number of unbranched alkanes of at least 4 members (excludes halogenated alkanes) is 1. The monoisotopic (exact) mass is 270 g/mol. The zero-order chi connectivity index (χ0) is 13.2. The third-order valence-corrected chi connectivity index (χ3v) is 2.79. The number of Topliss-reactive ketones (excluding diaryl/α,β-unsaturated/α-hetero) is 1. The molecule has 0 saturated heterocycles. The highest BCUT2D eigenvalue weighted by Gasteiger charge is 2.04. The number of carbonyl (C=O) groups is 1. The number of methoxy groups -OCH3 is 1. The van der Waals surface area contributed by atoms with Gasteiger partial charge in [-0.25, -0.2) is 0 Å². The number of hydrogen-bond donors (Lipinski definition) is 0. The van der Waals surface area contributed by atoms with Gasteiger partial charge in [-0.05, 0) is 37.1 Å². The minimum Gasteiger partial charge on any atom is -0.382 e. The second-order valence-corrected chi connectivity index (χ2v) is 4.43. The normalized spacial score (nSPS) is 10.6. The number of hydrogen-bond acceptors (Lipinski definition) is 3. The smallest absolute Gasteiger partial charge is 0.162 e. The molecule has 0 fully saturated rings. The van der Waals surface area contributed by atoms with Crippen LogP contribution in [0.2, 0.25) is 5.02 Å². The Balaban J connectivity index is 2.12. The molecule has 0 radical (unpaired) electrons. The van der Waals surface area contributed by atoms with Crippen LogP contribution in [0, 0.1) is 0 Å². The summed E-state index contributed by atoms with van der Waals surface area (Å²) in [6.45, 7) is 1.91. The molecule has 0 N–H and O–H groups in total. The largest absolute Gasteiger partial charge is 0.382 e. The van der Waals surface area contributed by atoms with Crippen LogP contribution < -0.4 is 0 Å². The topological polar surface area (TPSA) is 35.5 Å². The van der Waals surface area contributed by atoms with Crippen LogP contribution in [0.5, 0.6) is 0 Å². The van der Waals surface area contributed by atoms with Crippen molar-refractivity contribution in [1.82, 2.24) is 0 Å². The second kappa shape index (κ2) is 9.09. The highest BCUT2D eigenvalue weighted by molar-refractivity contribution is 6.30. The number of rotatable bonds is 9. The summed E-state index contributed by atoms with van der Waals surface area (Å²) in [5.41, 5.74) is 0.722. The summed E-state index contributed by atoms with van der Waals surface area (Å²) < 4.78 is 10.2. The van der Waals surface area contributed by atoms with Gasteiger partial charge in [-0.3, -0.25) is 4.79 Å². The van der Waals surface area contributed by atoms with E-state index in [0.29, 0.717) is 31.3 Å². The highest BCUT2D eigenvalue weighted by Crippen LogP contribution is 2.12. The maximum absolute atomic E-state index is 11.8. The quantitative estimate of drug-likeness (QED) is 0.510. The lowest BCUT2D eigenvalue weighted by molar-refractivity contribution is 0.0681. The third-order valence-electron chi connectivity index (χ3n) is 2.54. The van der Waals surface area contributed by atoms with E-state index < -0.39 is 0 Å². The number of benzene rings is 1. The van der Waals surface area contributed by atoms with Crippen molar-refractivity contribution in [3.8, 4) is 0 Å². The van der Waals surface area contributed by atoms with Crippen molar-refractivity contribution in [3.05, 3.63) is 34.9 Å². The van der Waals surface area contributed by atoms with Crippen molar-refractivity contribution >= 4 is 17.4 Å². The third kappa shape index (κ3) is 6.15. The van der Waals surface area contributed by atoms with E-state index in [0.717, 1.165) is 18.4 Å². The van der Waals surface area contributed by atoms with Crippen LogP contribution in [0.15, 0.2) is 24.3 Å². The molecule has 0 spiro atoms. The van der Waals surface area contributed by atoms with E-state index >= 15 is 0 Å². The predicted molar refractivity (Wildman–Crippen MR) is 72.3 cm³/mol. The minimum atomic E-state index is 0.156. The van der Waals surface area contributed by atoms with E-state index in [-0.39, 0.29) is 5.78 Å². The Morgan fingerprint density at radius 3 is 2.50 bits per heavy atom. The van der Waals surface area contributed by atoms with Gasteiger partial charge in [0.25, 0.3) is 0 Å². The Morgan fingerprint density at radius 2 is 1.83 bits per heavy atom. The summed E-state index contributed by atoms with van der Waals surface area (Å²) in [7, 11) is 1.65. The van der Waals surface area contributed by atoms with Crippen molar-refractivity contribution in [3.63, 3.8) is 0 Å². The van der Waals surface area contributed by atoms with Crippen LogP contribution >= 0.6 is 11.6 Å². The average Bonchev–Trinajstić information content (AvgIpc) is 2.38. The van der Waals surface area contributed by atoms with Crippen molar-refractivity contribution in [2.24, 2.45) is 0 Å². The first kappa shape index (κ1) is 15.2. The fourth-order valence-corrected chi connectivity index (χ4v) is 1.64. The zero-order valence-corrected chi connectivity index (χ0v) is 11.4. The molecular weight excluding hydrogens is 252 g/mol. The summed E-state index contributed by atoms with van der Waals surface area (Å²) >= 11 is 5.77. The van der Waals surface area contributed by atoms with Gasteiger partial charge >= 0.3 is 0 Å². The molecule has 0 atom stereocenters. The molecule has 0 saturated carbocycles. The van der Waals surface area contributed by atoms with Gasteiger partial charge in [-0.15, -0.1) is 0 Å². The summed E-state index contributed by atoms with van der Waals surface area (Å²) in [6.07, 6.45) is 2.28. The molecule has 100 valence electrons. The molecule has 0 amide bonds. The lowest BCUT2D eigenvalue weighted by atomic mass is 10.1. The lowest BCUT2D eigenvalue weighted by Gasteiger charge is -2.03. The van der Waals surface area contributed by atoms with Gasteiger partial charge in [0.1, 0.15) is 0 Å². The van der Waals surface area contributed by atoms with Crippen molar-refractivity contribution < 1.29 is 14.3 Å². The standard InChI is InChI=1S/C14H19ClO3/c1-17-10-11-18-9-3-2-4-14(16)12-5-7-13(15)8-6-12/h5-8H,2-4,9-11H2,1H3. The van der Waals surface area contributed by atoms with Crippen LogP contribution in [0.1, 0.15) is 29.6 Å². The molecule has 18 heavy (non-hydrogen) atoms. The molecule has 4 heteroatoms. The van der Waals surface area contributed by atoms with E-state index in [9.17, 15) is 4.79 Å². The van der Waals surface area contributed by atoms with Gasteiger partial charge in [-0.1, -0.05) is 11.6 Å². The van der Waals surface area contributed by atoms with E-state index in [4.69, 9.17) is 21.1 Å². The molecule has 0 unspecified atom stereocenters. The first-order valence-electron chi connectivity index (χ1n) is 6.09. The lowest BCUT2D eigenvalue weighted by Crippen LogP contribution is -2.04. The molecule has 0 bridgehead atoms. The first-order chi connectivity index (χ1) is 8.74. The summed E-state index contributed by atoms with van der Waals surface area (Å²) in [4.78, 5) is 11.8. The van der Waals surface area contributed by atoms with Crippen LogP contribution in [0.3, 0.4) is 0 Å². The second-order valence-electron chi connectivity index (χ2n) is 3.99. The van der Waals surface area contributed by atoms with Gasteiger partial charge in [0.05, 0.1) is 13.2 Å². The van der Waals surface area contributed by atoms with Crippen LogP contribution in [0.25, 0.3) is 0 Å². The van der Waals surface area contributed by atoms with Gasteiger partial charge in [0.15, 0.2) is 5.78 Å². The first-order valence-corrected chi connectivity index (χ1v) is 6.47. The maximum Gasteiger partial charge on any atom is 0.162 e. The summed E-state index contributed by atoms with van der Waals surface area (Å²) in [6, 6.07) is 7.00. The van der Waals surface area contributed by atoms with Crippen molar-refractivity contribution in [1.29, 1.82) is 0 Å². The van der Waals surface area contributed by atoms with E-state index in [1.54, 1.807) is 31.4 Å². The molecule has 0 aliphatic rings. The Labute approximate surface area is 113 Å². The average molecular weight is 271 g/mol. The predicted octanol–water partition coefficient (Wildman–Crippen LogP) is 3.36. The Morgan fingerprint density at radius 1 is 1.11 bits per heavy atom. The summed E-state index contributed by atoms with van der Waals surface area (Å²) in [5.74, 6) is 0.156. The van der Waals surface area contributed by atoms with E-state index in [1.807, 2.05) is 0 Å². The zero-order valence-electron chi connectivity index (χ0n) is 10.7. The Kier molecular flexibility index (Phi) is 7.65. The van der Waals surface area contributed by atoms with E-state index in [2.05, 4.69) is 0 Å². The Bertz CT molecular complexity index is 349. The van der Waals surface area contributed by atoms with Gasteiger partial charge in [0, 0.05) is 30.7 Å². The maximum atomic E-state index is 11.8. The molecule has 3 nitrogen and oxygen atoms in total. The minimum absolute atomic E-state index is 0.156. The fraction of sp³-hybridized carbons (Fsp3) is 0.500. The molecule has 1 rings (SSSR count). The molecular formula is C14H19ClO3. The van der Waals surface area contributed by atoms with Crippen LogP contribution in [-0.4, -0.2) is 32.7 Å². The summed E-state index contributed by atoms with van der Waals surface area (Å²) in [5, 5.41) is 0.651. The SMILES string of the molecule is COCCOCCCCC(=O)c1ccc(Cl)cc1. The molecule has 0 heterocycles. The Hall–Kier alpha value is -0.900. The van der Waals surface area contributed by atoms with Crippen molar-refractivity contribution in [2.75, 3.05) is 26.9 Å². The van der Waals surface area contributed by atoms with Crippen LogP contribution in [0.4, 0.5) is 0 Å². The van der Waals surface area contributed by atoms with Gasteiger partial charge in [0.2, 0.25) is 0 Å². The number of ketones is 1. The fourth-order valence-electron chi connectivity index (χ4n) is 1.51. The van der Waals surface area contributed by atoms with Gasteiger partial charge < -0.3 is 9.47 Å². The molecule has 0 aliphatic heterocycles. The molecule has 1 aromatic carbocycles. The number of halogens is 1. The van der Waals surface area contributed by atoms with Gasteiger partial charge in [-0.2, -0.15) is 0 Å².